The van der Waals surface area contributed by atoms with E-state index in [-0.39, 0.29) is 17.9 Å². The van der Waals surface area contributed by atoms with Crippen molar-refractivity contribution in [1.29, 1.82) is 0 Å². The second kappa shape index (κ2) is 4.11. The normalized spacial score (nSPS) is 36.5. The van der Waals surface area contributed by atoms with E-state index in [2.05, 4.69) is 25.8 Å². The summed E-state index contributed by atoms with van der Waals surface area (Å²) in [4.78, 5) is 15.9. The summed E-state index contributed by atoms with van der Waals surface area (Å²) in [6.45, 7) is 9.46. The monoisotopic (exact) mass is 237 g/mol. The van der Waals surface area contributed by atoms with Gasteiger partial charge in [-0.25, -0.2) is 0 Å². The van der Waals surface area contributed by atoms with Gasteiger partial charge in [0.2, 0.25) is 0 Å². The van der Waals surface area contributed by atoms with Gasteiger partial charge in [-0.1, -0.05) is 20.8 Å². The number of aliphatic imine (C=N–C) groups is 1. The maximum absolute atomic E-state index is 11.3. The van der Waals surface area contributed by atoms with Crippen LogP contribution in [0.3, 0.4) is 0 Å². The van der Waals surface area contributed by atoms with Gasteiger partial charge in [0.25, 0.3) is 0 Å². The molecule has 3 nitrogen and oxygen atoms in total. The van der Waals surface area contributed by atoms with Crippen molar-refractivity contribution in [2.75, 3.05) is 13.2 Å². The van der Waals surface area contributed by atoms with Crippen LogP contribution in [0.5, 0.6) is 0 Å². The van der Waals surface area contributed by atoms with Crippen LogP contribution >= 0.6 is 0 Å². The smallest absolute Gasteiger partial charge is 0.327 e. The molecule has 2 bridgehead atoms. The minimum atomic E-state index is -0.204. The molecule has 0 heterocycles. The van der Waals surface area contributed by atoms with Crippen LogP contribution in [0.2, 0.25) is 0 Å². The van der Waals surface area contributed by atoms with E-state index >= 15 is 0 Å². The molecule has 0 unspecified atom stereocenters. The van der Waals surface area contributed by atoms with Gasteiger partial charge in [0.15, 0.2) is 0 Å². The number of hydrogen-bond acceptors (Lipinski definition) is 3. The fourth-order valence-corrected chi connectivity index (χ4v) is 3.53. The molecule has 0 aromatic rings. The Hall–Kier alpha value is -0.860. The SMILES string of the molecule is CCOC(=O)CN=C1C[C@@H]2CC[C@@]1(C)C2(C)C. The van der Waals surface area contributed by atoms with Crippen LogP contribution in [-0.2, 0) is 9.53 Å². The number of rotatable bonds is 3. The van der Waals surface area contributed by atoms with Crippen molar-refractivity contribution in [3.63, 3.8) is 0 Å². The average Bonchev–Trinajstić information content (AvgIpc) is 2.59. The lowest BCUT2D eigenvalue weighted by atomic mass is 9.70. The summed E-state index contributed by atoms with van der Waals surface area (Å²) in [5, 5.41) is 0. The molecule has 17 heavy (non-hydrogen) atoms. The zero-order valence-electron chi connectivity index (χ0n) is 11.4. The number of carbonyl (C=O) groups excluding carboxylic acids is 1. The quantitative estimate of drug-likeness (QED) is 0.708. The van der Waals surface area contributed by atoms with Gasteiger partial charge < -0.3 is 4.74 Å². The molecule has 0 aliphatic heterocycles. The van der Waals surface area contributed by atoms with E-state index in [1.54, 1.807) is 0 Å². The molecule has 2 fully saturated rings. The van der Waals surface area contributed by atoms with Gasteiger partial charge in [-0.2, -0.15) is 0 Å². The molecule has 2 rings (SSSR count). The first kappa shape index (κ1) is 12.6. The van der Waals surface area contributed by atoms with E-state index in [1.165, 1.54) is 18.6 Å². The summed E-state index contributed by atoms with van der Waals surface area (Å²) in [6, 6.07) is 0. The van der Waals surface area contributed by atoms with Crippen LogP contribution in [0.1, 0.15) is 47.0 Å². The van der Waals surface area contributed by atoms with Crippen molar-refractivity contribution in [2.45, 2.75) is 47.0 Å². The summed E-state index contributed by atoms with van der Waals surface area (Å²) in [5.74, 6) is 0.539. The Morgan fingerprint density at radius 3 is 2.65 bits per heavy atom. The Labute approximate surface area is 104 Å². The molecular formula is C14H23NO2. The molecule has 0 aromatic heterocycles. The maximum atomic E-state index is 11.3. The highest BCUT2D eigenvalue weighted by Gasteiger charge is 2.59. The highest BCUT2D eigenvalue weighted by Crippen LogP contribution is 2.63. The zero-order chi connectivity index (χ0) is 12.7. The van der Waals surface area contributed by atoms with E-state index in [0.29, 0.717) is 12.0 Å². The van der Waals surface area contributed by atoms with Crippen LogP contribution in [0.15, 0.2) is 4.99 Å². The van der Waals surface area contributed by atoms with Crippen LogP contribution in [0.25, 0.3) is 0 Å². The van der Waals surface area contributed by atoms with E-state index in [9.17, 15) is 4.79 Å². The van der Waals surface area contributed by atoms with E-state index in [4.69, 9.17) is 4.74 Å². The minimum absolute atomic E-state index is 0.196. The Balaban J connectivity index is 2.10. The first-order chi connectivity index (χ1) is 7.91. The Morgan fingerprint density at radius 2 is 2.18 bits per heavy atom. The predicted molar refractivity (Wildman–Crippen MR) is 68.2 cm³/mol. The Morgan fingerprint density at radius 1 is 1.47 bits per heavy atom. The Kier molecular flexibility index (Phi) is 3.04. The van der Waals surface area contributed by atoms with Crippen molar-refractivity contribution in [1.82, 2.24) is 0 Å². The van der Waals surface area contributed by atoms with Crippen LogP contribution in [0.4, 0.5) is 0 Å². The number of ether oxygens (including phenoxy) is 1. The molecular weight excluding hydrogens is 214 g/mol. The second-order valence-corrected chi connectivity index (χ2v) is 6.06. The van der Waals surface area contributed by atoms with Gasteiger partial charge in [0.1, 0.15) is 6.54 Å². The van der Waals surface area contributed by atoms with Gasteiger partial charge in [-0.15, -0.1) is 0 Å². The molecule has 2 atom stereocenters. The molecule has 3 heteroatoms. The lowest BCUT2D eigenvalue weighted by molar-refractivity contribution is -0.141. The first-order valence-corrected chi connectivity index (χ1v) is 6.61. The van der Waals surface area contributed by atoms with Crippen molar-refractivity contribution in [3.8, 4) is 0 Å². The summed E-state index contributed by atoms with van der Waals surface area (Å²) in [5.41, 5.74) is 1.77. The first-order valence-electron chi connectivity index (χ1n) is 6.61. The van der Waals surface area contributed by atoms with Gasteiger partial charge in [0.05, 0.1) is 6.61 Å². The standard InChI is InChI=1S/C14H23NO2/c1-5-17-12(16)9-15-11-8-10-6-7-14(11,4)13(10,2)3/h10H,5-9H2,1-4H3/t10-,14+/m0/s1. The molecule has 0 radical (unpaired) electrons. The highest BCUT2D eigenvalue weighted by atomic mass is 16.5. The highest BCUT2D eigenvalue weighted by molar-refractivity contribution is 5.95. The van der Waals surface area contributed by atoms with Crippen molar-refractivity contribution in [3.05, 3.63) is 0 Å². The topological polar surface area (TPSA) is 38.7 Å². The van der Waals surface area contributed by atoms with E-state index < -0.39 is 0 Å². The summed E-state index contributed by atoms with van der Waals surface area (Å²) in [7, 11) is 0. The average molecular weight is 237 g/mol. The molecule has 2 aliphatic carbocycles. The van der Waals surface area contributed by atoms with Crippen molar-refractivity contribution < 1.29 is 9.53 Å². The van der Waals surface area contributed by atoms with Crippen molar-refractivity contribution in [2.24, 2.45) is 21.7 Å². The van der Waals surface area contributed by atoms with E-state index in [1.807, 2.05) is 6.92 Å². The molecule has 0 spiro atoms. The largest absolute Gasteiger partial charge is 0.465 e. The fourth-order valence-electron chi connectivity index (χ4n) is 3.53. The summed E-state index contributed by atoms with van der Waals surface area (Å²) in [6.07, 6.45) is 3.59. The lowest BCUT2D eigenvalue weighted by Gasteiger charge is -2.34. The van der Waals surface area contributed by atoms with Gasteiger partial charge in [0, 0.05) is 11.1 Å². The number of carbonyl (C=O) groups is 1. The molecule has 96 valence electrons. The second-order valence-electron chi connectivity index (χ2n) is 6.06. The lowest BCUT2D eigenvalue weighted by Crippen LogP contribution is -2.33. The molecule has 0 amide bonds. The van der Waals surface area contributed by atoms with Gasteiger partial charge in [-0.05, 0) is 37.5 Å². The third-order valence-corrected chi connectivity index (χ3v) is 5.22. The molecule has 0 aromatic carbocycles. The van der Waals surface area contributed by atoms with Gasteiger partial charge >= 0.3 is 5.97 Å². The molecule has 2 saturated carbocycles. The van der Waals surface area contributed by atoms with Crippen molar-refractivity contribution >= 4 is 11.7 Å². The maximum Gasteiger partial charge on any atom is 0.327 e. The van der Waals surface area contributed by atoms with Crippen LogP contribution < -0.4 is 0 Å². The third-order valence-electron chi connectivity index (χ3n) is 5.22. The zero-order valence-corrected chi connectivity index (χ0v) is 11.4. The molecule has 2 aliphatic rings. The fraction of sp³-hybridized carbons (Fsp3) is 0.857. The number of fused-ring (bicyclic) bond motifs is 2. The summed E-state index contributed by atoms with van der Waals surface area (Å²) < 4.78 is 4.92. The summed E-state index contributed by atoms with van der Waals surface area (Å²) >= 11 is 0. The molecule has 0 N–H and O–H groups in total. The predicted octanol–water partition coefficient (Wildman–Crippen LogP) is 2.84. The van der Waals surface area contributed by atoms with E-state index in [0.717, 1.165) is 12.3 Å². The third kappa shape index (κ3) is 1.80. The van der Waals surface area contributed by atoms with Crippen LogP contribution in [0, 0.1) is 16.7 Å². The van der Waals surface area contributed by atoms with Gasteiger partial charge in [-0.3, -0.25) is 9.79 Å². The molecule has 0 saturated heterocycles. The minimum Gasteiger partial charge on any atom is -0.465 e. The number of esters is 1. The number of hydrogen-bond donors (Lipinski definition) is 0. The van der Waals surface area contributed by atoms with Crippen LogP contribution in [-0.4, -0.2) is 24.8 Å². The number of nitrogens with zero attached hydrogens (tertiary/aromatic N) is 1. The Bertz CT molecular complexity index is 359.